The van der Waals surface area contributed by atoms with Crippen LogP contribution in [-0.4, -0.2) is 0 Å². The first kappa shape index (κ1) is 37.5. The van der Waals surface area contributed by atoms with E-state index in [1.165, 1.54) is 88.3 Å². The highest BCUT2D eigenvalue weighted by Crippen LogP contribution is 2.58. The minimum absolute atomic E-state index is 0.465. The van der Waals surface area contributed by atoms with Gasteiger partial charge in [0.15, 0.2) is 0 Å². The molecule has 0 bridgehead atoms. The van der Waals surface area contributed by atoms with Crippen LogP contribution in [0.2, 0.25) is 0 Å². The molecule has 12 rings (SSSR count). The molecule has 0 radical (unpaired) electrons. The summed E-state index contributed by atoms with van der Waals surface area (Å²) < 4.78 is 0. The fourth-order valence-electron chi connectivity index (χ4n) is 10.3. The molecule has 1 nitrogen and oxygen atoms in total. The molecular formula is C63H43N. The average Bonchev–Trinajstić information content (AvgIpc) is 3.68. The van der Waals surface area contributed by atoms with Gasteiger partial charge in [0.05, 0.1) is 5.41 Å². The molecule has 0 heterocycles. The molecule has 11 aromatic carbocycles. The zero-order valence-electron chi connectivity index (χ0n) is 35.3. The minimum Gasteiger partial charge on any atom is -0.310 e. The zero-order chi connectivity index (χ0) is 42.5. The highest BCUT2D eigenvalue weighted by atomic mass is 15.1. The van der Waals surface area contributed by atoms with E-state index in [1.807, 2.05) is 0 Å². The van der Waals surface area contributed by atoms with Crippen LogP contribution in [-0.2, 0) is 5.41 Å². The van der Waals surface area contributed by atoms with Gasteiger partial charge in [-0.25, -0.2) is 0 Å². The molecule has 1 aliphatic rings. The van der Waals surface area contributed by atoms with Crippen LogP contribution in [0.5, 0.6) is 0 Å². The van der Waals surface area contributed by atoms with E-state index in [4.69, 9.17) is 0 Å². The van der Waals surface area contributed by atoms with Crippen LogP contribution < -0.4 is 4.90 Å². The highest BCUT2D eigenvalue weighted by Gasteiger charge is 2.46. The average molecular weight is 814 g/mol. The van der Waals surface area contributed by atoms with Crippen molar-refractivity contribution in [3.63, 3.8) is 0 Å². The third-order valence-corrected chi connectivity index (χ3v) is 13.3. The molecule has 300 valence electrons. The summed E-state index contributed by atoms with van der Waals surface area (Å²) in [5, 5.41) is 4.99. The lowest BCUT2D eigenvalue weighted by Gasteiger charge is -2.34. The molecule has 0 saturated carbocycles. The van der Waals surface area contributed by atoms with Crippen LogP contribution in [0.25, 0.3) is 66.1 Å². The summed E-state index contributed by atoms with van der Waals surface area (Å²) in [6, 6.07) is 95.8. The molecule has 1 aliphatic carbocycles. The van der Waals surface area contributed by atoms with Crippen molar-refractivity contribution in [2.45, 2.75) is 5.41 Å². The van der Waals surface area contributed by atoms with Crippen molar-refractivity contribution in [1.29, 1.82) is 0 Å². The molecule has 0 aromatic heterocycles. The number of hydrogen-bond acceptors (Lipinski definition) is 1. The maximum absolute atomic E-state index is 2.40. The van der Waals surface area contributed by atoms with Crippen molar-refractivity contribution in [3.05, 3.63) is 283 Å². The maximum atomic E-state index is 2.40. The number of rotatable bonds is 8. The molecule has 1 heteroatoms. The van der Waals surface area contributed by atoms with Crippen molar-refractivity contribution in [2.24, 2.45) is 0 Å². The van der Waals surface area contributed by atoms with Crippen LogP contribution >= 0.6 is 0 Å². The summed E-state index contributed by atoms with van der Waals surface area (Å²) in [5.74, 6) is 0. The Hall–Kier alpha value is -8.26. The topological polar surface area (TPSA) is 3.24 Å². The summed E-state index contributed by atoms with van der Waals surface area (Å²) in [4.78, 5) is 2.40. The highest BCUT2D eigenvalue weighted by molar-refractivity contribution is 5.97. The van der Waals surface area contributed by atoms with Gasteiger partial charge in [0.1, 0.15) is 0 Å². The molecular weight excluding hydrogens is 771 g/mol. The van der Waals surface area contributed by atoms with Crippen molar-refractivity contribution >= 4 is 38.6 Å². The Labute approximate surface area is 374 Å². The fourth-order valence-corrected chi connectivity index (χ4v) is 10.3. The zero-order valence-corrected chi connectivity index (χ0v) is 35.3. The predicted octanol–water partition coefficient (Wildman–Crippen LogP) is 16.8. The van der Waals surface area contributed by atoms with Crippen LogP contribution in [0.3, 0.4) is 0 Å². The van der Waals surface area contributed by atoms with Gasteiger partial charge in [0, 0.05) is 17.1 Å². The van der Waals surface area contributed by atoms with Gasteiger partial charge in [0.25, 0.3) is 0 Å². The van der Waals surface area contributed by atoms with Gasteiger partial charge in [0.2, 0.25) is 0 Å². The first-order valence-electron chi connectivity index (χ1n) is 22.2. The van der Waals surface area contributed by atoms with E-state index in [0.29, 0.717) is 0 Å². The van der Waals surface area contributed by atoms with Gasteiger partial charge >= 0.3 is 0 Å². The quantitative estimate of drug-likeness (QED) is 0.148. The third-order valence-electron chi connectivity index (χ3n) is 13.3. The summed E-state index contributed by atoms with van der Waals surface area (Å²) in [6.45, 7) is 0. The van der Waals surface area contributed by atoms with E-state index >= 15 is 0 Å². The van der Waals surface area contributed by atoms with E-state index in [0.717, 1.165) is 17.1 Å². The van der Waals surface area contributed by atoms with Crippen molar-refractivity contribution in [1.82, 2.24) is 0 Å². The molecule has 0 spiro atoms. The van der Waals surface area contributed by atoms with Gasteiger partial charge in [-0.3, -0.25) is 0 Å². The summed E-state index contributed by atoms with van der Waals surface area (Å²) in [6.07, 6.45) is 0. The summed E-state index contributed by atoms with van der Waals surface area (Å²) in [7, 11) is 0. The molecule has 64 heavy (non-hydrogen) atoms. The van der Waals surface area contributed by atoms with E-state index in [9.17, 15) is 0 Å². The Balaban J connectivity index is 1.00. The predicted molar refractivity (Wildman–Crippen MR) is 270 cm³/mol. The number of anilines is 3. The largest absolute Gasteiger partial charge is 0.310 e. The van der Waals surface area contributed by atoms with E-state index in [1.54, 1.807) is 0 Å². The molecule has 0 aliphatic heterocycles. The fraction of sp³-hybridized carbons (Fsp3) is 0.0159. The molecule has 0 N–H and O–H groups in total. The minimum atomic E-state index is -0.465. The first-order chi connectivity index (χ1) is 31.7. The standard InChI is InChI=1S/C63H43N/c1-3-20-53(21-4-1)63(54-22-5-2-6-23-54)60-27-12-11-25-59(60)62-58(26-14-28-61(62)63)52-19-13-24-57(43-52)64(55-37-33-46(34-38-55)50-31-29-44-15-7-9-17-48(44)41-50)56-39-35-47(36-40-56)51-32-30-45-16-8-10-18-49(45)42-51/h1-43H. The van der Waals surface area contributed by atoms with Crippen LogP contribution in [0, 0.1) is 0 Å². The summed E-state index contributed by atoms with van der Waals surface area (Å²) in [5.41, 5.74) is 17.7. The smallest absolute Gasteiger partial charge is 0.0713 e. The maximum Gasteiger partial charge on any atom is 0.0713 e. The number of nitrogens with zero attached hydrogens (tertiary/aromatic N) is 1. The monoisotopic (exact) mass is 813 g/mol. The molecule has 0 saturated heterocycles. The van der Waals surface area contributed by atoms with Crippen LogP contribution in [0.4, 0.5) is 17.1 Å². The lowest BCUT2D eigenvalue weighted by atomic mass is 9.67. The number of fused-ring (bicyclic) bond motifs is 5. The van der Waals surface area contributed by atoms with Crippen molar-refractivity contribution in [2.75, 3.05) is 4.90 Å². The first-order valence-corrected chi connectivity index (χ1v) is 22.2. The van der Waals surface area contributed by atoms with Crippen LogP contribution in [0.1, 0.15) is 22.3 Å². The molecule has 11 aromatic rings. The Kier molecular flexibility index (Phi) is 9.13. The lowest BCUT2D eigenvalue weighted by Crippen LogP contribution is -2.28. The van der Waals surface area contributed by atoms with Gasteiger partial charge in [-0.2, -0.15) is 0 Å². The Bertz CT molecular complexity index is 3310. The van der Waals surface area contributed by atoms with E-state index in [-0.39, 0.29) is 0 Å². The second-order valence-corrected chi connectivity index (χ2v) is 16.9. The molecule has 0 amide bonds. The second-order valence-electron chi connectivity index (χ2n) is 16.9. The molecule has 0 unspecified atom stereocenters. The number of benzene rings is 11. The van der Waals surface area contributed by atoms with Gasteiger partial charge in [-0.15, -0.1) is 0 Å². The van der Waals surface area contributed by atoms with Crippen LogP contribution in [0.15, 0.2) is 261 Å². The van der Waals surface area contributed by atoms with E-state index < -0.39 is 5.41 Å². The Morgan fingerprint density at radius 1 is 0.250 bits per heavy atom. The Morgan fingerprint density at radius 3 is 1.28 bits per heavy atom. The molecule has 0 fully saturated rings. The SMILES string of the molecule is c1ccc(C2(c3ccccc3)c3ccccc3-c3c(-c4cccc(N(c5ccc(-c6ccc7ccccc7c6)cc5)c5ccc(-c6ccc7ccccc7c6)cc5)c4)cccc32)cc1. The number of hydrogen-bond donors (Lipinski definition) is 0. The second kappa shape index (κ2) is 15.6. The van der Waals surface area contributed by atoms with Gasteiger partial charge in [-0.05, 0) is 137 Å². The Morgan fingerprint density at radius 2 is 0.703 bits per heavy atom. The van der Waals surface area contributed by atoms with Crippen molar-refractivity contribution < 1.29 is 0 Å². The van der Waals surface area contributed by atoms with Gasteiger partial charge in [-0.1, -0.05) is 212 Å². The van der Waals surface area contributed by atoms with E-state index in [2.05, 4.69) is 266 Å². The lowest BCUT2D eigenvalue weighted by molar-refractivity contribution is 0.768. The van der Waals surface area contributed by atoms with Crippen molar-refractivity contribution in [3.8, 4) is 44.5 Å². The molecule has 0 atom stereocenters. The normalized spacial score (nSPS) is 12.5. The van der Waals surface area contributed by atoms with Gasteiger partial charge < -0.3 is 4.90 Å². The summed E-state index contributed by atoms with van der Waals surface area (Å²) >= 11 is 0. The third kappa shape index (κ3) is 6.24.